The summed E-state index contributed by atoms with van der Waals surface area (Å²) in [6.07, 6.45) is 3.19. The van der Waals surface area contributed by atoms with E-state index in [1.807, 2.05) is 42.3 Å². The Kier molecular flexibility index (Phi) is 8.35. The monoisotopic (exact) mass is 538 g/mol. The molecule has 0 spiro atoms. The van der Waals surface area contributed by atoms with E-state index in [0.29, 0.717) is 31.7 Å². The number of ether oxygens (including phenoxy) is 1. The predicted molar refractivity (Wildman–Crippen MR) is 147 cm³/mol. The fourth-order valence-electron chi connectivity index (χ4n) is 5.62. The smallest absolute Gasteiger partial charge is 0.246 e. The molecule has 2 aromatic carbocycles. The van der Waals surface area contributed by atoms with Crippen molar-refractivity contribution in [3.63, 3.8) is 0 Å². The van der Waals surface area contributed by atoms with E-state index >= 15 is 0 Å². The van der Waals surface area contributed by atoms with E-state index in [1.165, 1.54) is 17.4 Å². The Morgan fingerprint density at radius 1 is 1.16 bits per heavy atom. The molecule has 3 aromatic rings. The van der Waals surface area contributed by atoms with Gasteiger partial charge in [-0.3, -0.25) is 9.59 Å². The van der Waals surface area contributed by atoms with E-state index in [2.05, 4.69) is 10.6 Å². The summed E-state index contributed by atoms with van der Waals surface area (Å²) in [5, 5.41) is 10.5. The van der Waals surface area contributed by atoms with Crippen LogP contribution in [0.25, 0.3) is 22.0 Å². The number of hydrogen-bond acceptors (Lipinski definition) is 6. The van der Waals surface area contributed by atoms with Gasteiger partial charge in [-0.1, -0.05) is 31.2 Å². The summed E-state index contributed by atoms with van der Waals surface area (Å²) in [7, 11) is 0. The second-order valence-electron chi connectivity index (χ2n) is 10.1. The lowest BCUT2D eigenvalue weighted by atomic mass is 9.90. The highest BCUT2D eigenvalue weighted by Crippen LogP contribution is 2.38. The zero-order chi connectivity index (χ0) is 26.6. The molecule has 2 fully saturated rings. The van der Waals surface area contributed by atoms with Crippen LogP contribution >= 0.6 is 11.3 Å². The standard InChI is InChI=1S/C29H35FN4O3S/c1-3-31-18(2)27(35)33-26(19-12-15-37-16-13-19)29(36)34-14-6-9-25(34)28-32-24(17-38-28)22-10-11-23(30)21-8-5-4-7-20(21)22/h4-5,7-8,10-11,17-19,25-26,31H,3,6,9,12-16H2,1-2H3,(H,33,35)/t18-,25-,26?/m0/s1. The number of aromatic nitrogens is 1. The number of benzene rings is 2. The average Bonchev–Trinajstić information content (AvgIpc) is 3.62. The third-order valence-corrected chi connectivity index (χ3v) is 8.64. The number of carbonyl (C=O) groups is 2. The van der Waals surface area contributed by atoms with Crippen molar-refractivity contribution in [2.45, 2.75) is 57.7 Å². The molecular formula is C29H35FN4O3S. The largest absolute Gasteiger partial charge is 0.381 e. The number of likely N-dealkylation sites (N-methyl/N-ethyl adjacent to an activating group) is 1. The summed E-state index contributed by atoms with van der Waals surface area (Å²) in [6, 6.07) is 9.57. The van der Waals surface area contributed by atoms with Crippen LogP contribution in [-0.4, -0.2) is 60.1 Å². The number of likely N-dealkylation sites (tertiary alicyclic amines) is 1. The van der Waals surface area contributed by atoms with Crippen molar-refractivity contribution in [2.75, 3.05) is 26.3 Å². The molecule has 38 heavy (non-hydrogen) atoms. The molecule has 202 valence electrons. The van der Waals surface area contributed by atoms with E-state index in [9.17, 15) is 14.0 Å². The molecule has 9 heteroatoms. The molecule has 3 atom stereocenters. The number of thiazole rings is 1. The van der Waals surface area contributed by atoms with Gasteiger partial charge in [0.05, 0.1) is 17.8 Å². The van der Waals surface area contributed by atoms with Gasteiger partial charge in [0.15, 0.2) is 0 Å². The van der Waals surface area contributed by atoms with Gasteiger partial charge < -0.3 is 20.3 Å². The number of hydrogen-bond donors (Lipinski definition) is 2. The summed E-state index contributed by atoms with van der Waals surface area (Å²) in [5.74, 6) is -0.419. The summed E-state index contributed by atoms with van der Waals surface area (Å²) >= 11 is 1.53. The molecule has 0 aliphatic carbocycles. The summed E-state index contributed by atoms with van der Waals surface area (Å²) in [5.41, 5.74) is 1.67. The molecule has 2 amide bonds. The van der Waals surface area contributed by atoms with E-state index in [4.69, 9.17) is 9.72 Å². The fourth-order valence-corrected chi connectivity index (χ4v) is 6.59. The molecular weight excluding hydrogens is 503 g/mol. The average molecular weight is 539 g/mol. The quantitative estimate of drug-likeness (QED) is 0.435. The maximum absolute atomic E-state index is 14.4. The number of halogens is 1. The van der Waals surface area contributed by atoms with Crippen LogP contribution in [-0.2, 0) is 14.3 Å². The van der Waals surface area contributed by atoms with E-state index in [-0.39, 0.29) is 35.6 Å². The molecule has 1 aromatic heterocycles. The summed E-state index contributed by atoms with van der Waals surface area (Å²) in [6.45, 7) is 6.27. The van der Waals surface area contributed by atoms with E-state index in [1.54, 1.807) is 12.1 Å². The van der Waals surface area contributed by atoms with Gasteiger partial charge >= 0.3 is 0 Å². The van der Waals surface area contributed by atoms with Crippen molar-refractivity contribution in [1.29, 1.82) is 0 Å². The molecule has 7 nitrogen and oxygen atoms in total. The molecule has 0 radical (unpaired) electrons. The maximum atomic E-state index is 14.4. The number of amides is 2. The van der Waals surface area contributed by atoms with Crippen molar-refractivity contribution < 1.29 is 18.7 Å². The van der Waals surface area contributed by atoms with Crippen LogP contribution < -0.4 is 10.6 Å². The Morgan fingerprint density at radius 2 is 1.92 bits per heavy atom. The highest BCUT2D eigenvalue weighted by Gasteiger charge is 2.40. The molecule has 0 saturated carbocycles. The number of carbonyl (C=O) groups excluding carboxylic acids is 2. The van der Waals surface area contributed by atoms with Crippen LogP contribution in [0.1, 0.15) is 50.6 Å². The van der Waals surface area contributed by atoms with Crippen molar-refractivity contribution in [3.05, 3.63) is 52.6 Å². The first-order valence-electron chi connectivity index (χ1n) is 13.5. The first-order valence-corrected chi connectivity index (χ1v) is 14.4. The number of rotatable bonds is 8. The third-order valence-electron chi connectivity index (χ3n) is 7.69. The van der Waals surface area contributed by atoms with Crippen molar-refractivity contribution >= 4 is 33.9 Å². The Labute approximate surface area is 226 Å². The molecule has 2 aliphatic heterocycles. The Balaban J connectivity index is 1.40. The van der Waals surface area contributed by atoms with E-state index in [0.717, 1.165) is 47.3 Å². The first kappa shape index (κ1) is 26.7. The molecule has 1 unspecified atom stereocenters. The number of nitrogens with zero attached hydrogens (tertiary/aromatic N) is 2. The van der Waals surface area contributed by atoms with Crippen molar-refractivity contribution in [1.82, 2.24) is 20.5 Å². The Hall–Kier alpha value is -2.88. The van der Waals surface area contributed by atoms with Crippen LogP contribution in [0.5, 0.6) is 0 Å². The lowest BCUT2D eigenvalue weighted by Gasteiger charge is -2.35. The van der Waals surface area contributed by atoms with Crippen LogP contribution in [0.3, 0.4) is 0 Å². The highest BCUT2D eigenvalue weighted by molar-refractivity contribution is 7.10. The summed E-state index contributed by atoms with van der Waals surface area (Å²) in [4.78, 5) is 33.8. The van der Waals surface area contributed by atoms with Crippen LogP contribution in [0.15, 0.2) is 41.8 Å². The zero-order valence-corrected chi connectivity index (χ0v) is 22.7. The van der Waals surface area contributed by atoms with Gasteiger partial charge in [0.2, 0.25) is 11.8 Å². The van der Waals surface area contributed by atoms with Gasteiger partial charge in [-0.2, -0.15) is 0 Å². The van der Waals surface area contributed by atoms with Gasteiger partial charge in [0.25, 0.3) is 0 Å². The molecule has 2 saturated heterocycles. The Morgan fingerprint density at radius 3 is 2.68 bits per heavy atom. The zero-order valence-electron chi connectivity index (χ0n) is 21.9. The van der Waals surface area contributed by atoms with Gasteiger partial charge in [0.1, 0.15) is 16.9 Å². The highest BCUT2D eigenvalue weighted by atomic mass is 32.1. The van der Waals surface area contributed by atoms with Crippen LogP contribution in [0, 0.1) is 11.7 Å². The molecule has 2 N–H and O–H groups in total. The normalized spacial score (nSPS) is 20.0. The van der Waals surface area contributed by atoms with Crippen molar-refractivity contribution in [3.8, 4) is 11.3 Å². The lowest BCUT2D eigenvalue weighted by Crippen LogP contribution is -2.56. The third kappa shape index (κ3) is 5.46. The second kappa shape index (κ2) is 11.9. The maximum Gasteiger partial charge on any atom is 0.246 e. The molecule has 3 heterocycles. The molecule has 0 bridgehead atoms. The lowest BCUT2D eigenvalue weighted by molar-refractivity contribution is -0.140. The number of fused-ring (bicyclic) bond motifs is 1. The SMILES string of the molecule is CCN[C@@H](C)C(=O)NC(C(=O)N1CCC[C@H]1c1nc(-c2ccc(F)c3ccccc23)cs1)C1CCOCC1. The van der Waals surface area contributed by atoms with Gasteiger partial charge in [-0.15, -0.1) is 11.3 Å². The van der Waals surface area contributed by atoms with Crippen LogP contribution in [0.4, 0.5) is 4.39 Å². The van der Waals surface area contributed by atoms with E-state index < -0.39 is 6.04 Å². The van der Waals surface area contributed by atoms with Gasteiger partial charge in [-0.05, 0) is 62.6 Å². The first-order chi connectivity index (χ1) is 18.5. The van der Waals surface area contributed by atoms with Crippen LogP contribution in [0.2, 0.25) is 0 Å². The predicted octanol–water partition coefficient (Wildman–Crippen LogP) is 4.68. The second-order valence-corrected chi connectivity index (χ2v) is 11.0. The Bertz CT molecular complexity index is 1290. The van der Waals surface area contributed by atoms with Gasteiger partial charge in [-0.25, -0.2) is 9.37 Å². The minimum Gasteiger partial charge on any atom is -0.381 e. The minimum absolute atomic E-state index is 0.0349. The topological polar surface area (TPSA) is 83.6 Å². The van der Waals surface area contributed by atoms with Gasteiger partial charge in [0, 0.05) is 36.1 Å². The fraction of sp³-hybridized carbons (Fsp3) is 0.483. The summed E-state index contributed by atoms with van der Waals surface area (Å²) < 4.78 is 19.9. The molecule has 5 rings (SSSR count). The molecule has 2 aliphatic rings. The van der Waals surface area contributed by atoms with Crippen molar-refractivity contribution in [2.24, 2.45) is 5.92 Å². The number of nitrogens with one attached hydrogen (secondary N) is 2. The minimum atomic E-state index is -0.589.